The summed E-state index contributed by atoms with van der Waals surface area (Å²) >= 11 is 19.9. The Kier molecular flexibility index (Phi) is 6.66. The Morgan fingerprint density at radius 3 is 2.55 bits per heavy atom. The quantitative estimate of drug-likeness (QED) is 0.152. The number of aryl methyl sites for hydroxylation is 1. The summed E-state index contributed by atoms with van der Waals surface area (Å²) in [5.74, 6) is 0.778. The molecule has 0 fully saturated rings. The molecule has 1 aliphatic carbocycles. The van der Waals surface area contributed by atoms with Crippen LogP contribution in [0.3, 0.4) is 0 Å². The van der Waals surface area contributed by atoms with Crippen LogP contribution in [0.1, 0.15) is 34.9 Å². The van der Waals surface area contributed by atoms with Gasteiger partial charge in [-0.2, -0.15) is 0 Å². The number of nitro benzene ring substituents is 1. The van der Waals surface area contributed by atoms with Crippen molar-refractivity contribution in [1.29, 1.82) is 0 Å². The monoisotopic (exact) mass is 633 g/mol. The van der Waals surface area contributed by atoms with Crippen LogP contribution in [0.5, 0.6) is 0 Å². The maximum absolute atomic E-state index is 14.0. The Morgan fingerprint density at radius 2 is 1.76 bits per heavy atom. The second-order valence-corrected chi connectivity index (χ2v) is 12.2. The van der Waals surface area contributed by atoms with Crippen molar-refractivity contribution < 1.29 is 9.34 Å². The summed E-state index contributed by atoms with van der Waals surface area (Å²) in [6.07, 6.45) is 3.32. The summed E-state index contributed by atoms with van der Waals surface area (Å²) in [5.41, 5.74) is 5.22. The van der Waals surface area contributed by atoms with Crippen molar-refractivity contribution in [3.63, 3.8) is 0 Å². The summed E-state index contributed by atoms with van der Waals surface area (Å²) in [6.45, 7) is 0. The number of nitrogens with zero attached hydrogens (tertiary/aromatic N) is 3. The first-order valence-electron chi connectivity index (χ1n) is 12.9. The summed E-state index contributed by atoms with van der Waals surface area (Å²) in [4.78, 5) is 30.2. The van der Waals surface area contributed by atoms with Crippen molar-refractivity contribution in [1.82, 2.24) is 4.57 Å². The molecule has 0 unspecified atom stereocenters. The van der Waals surface area contributed by atoms with E-state index >= 15 is 0 Å². The number of hydrogen-bond donors (Lipinski definition) is 0. The van der Waals surface area contributed by atoms with Gasteiger partial charge in [0.2, 0.25) is 0 Å². The van der Waals surface area contributed by atoms with E-state index in [4.69, 9.17) is 44.2 Å². The van der Waals surface area contributed by atoms with Crippen LogP contribution in [-0.2, 0) is 6.42 Å². The van der Waals surface area contributed by atoms with Crippen LogP contribution in [-0.4, -0.2) is 9.49 Å². The Balaban J connectivity index is 1.36. The largest absolute Gasteiger partial charge is 0.457 e. The van der Waals surface area contributed by atoms with Gasteiger partial charge in [0.1, 0.15) is 16.5 Å². The molecule has 0 saturated heterocycles. The third-order valence-corrected chi connectivity index (χ3v) is 9.31. The highest BCUT2D eigenvalue weighted by molar-refractivity contribution is 7.07. The van der Waals surface area contributed by atoms with Gasteiger partial charge >= 0.3 is 0 Å². The number of aromatic nitrogens is 1. The molecule has 11 heteroatoms. The first kappa shape index (κ1) is 26.9. The molecule has 0 saturated carbocycles. The van der Waals surface area contributed by atoms with E-state index in [1.807, 2.05) is 36.4 Å². The van der Waals surface area contributed by atoms with Gasteiger partial charge < -0.3 is 4.42 Å². The number of furan rings is 1. The fraction of sp³-hybridized carbons (Fsp3) is 0.0968. The first-order valence-corrected chi connectivity index (χ1v) is 14.9. The number of hydrogen-bond acceptors (Lipinski definition) is 6. The Bertz CT molecular complexity index is 2140. The van der Waals surface area contributed by atoms with Gasteiger partial charge in [0.15, 0.2) is 4.80 Å². The lowest BCUT2D eigenvalue weighted by molar-refractivity contribution is -0.384. The normalized spacial score (nSPS) is 16.1. The SMILES string of the molecule is O=c1/c(=C/c2ccc(-c3cc(Cl)c([N+](=O)[O-])cc3Cl)o2)sc2n1[C@H](c1ccc(Cl)cc1)C1=C(N=2)c2ccccc2CC1. The molecule has 3 heterocycles. The van der Waals surface area contributed by atoms with Gasteiger partial charge in [0.05, 0.1) is 26.2 Å². The van der Waals surface area contributed by atoms with Crippen LogP contribution in [0.4, 0.5) is 5.69 Å². The maximum Gasteiger partial charge on any atom is 0.289 e. The van der Waals surface area contributed by atoms with Crippen molar-refractivity contribution in [2.75, 3.05) is 0 Å². The average molecular weight is 635 g/mol. The van der Waals surface area contributed by atoms with E-state index in [0.717, 1.165) is 35.2 Å². The van der Waals surface area contributed by atoms with E-state index in [1.54, 1.807) is 22.8 Å². The highest BCUT2D eigenvalue weighted by Crippen LogP contribution is 2.41. The van der Waals surface area contributed by atoms with E-state index < -0.39 is 4.92 Å². The lowest BCUT2D eigenvalue weighted by Gasteiger charge is -2.30. The zero-order chi connectivity index (χ0) is 29.1. The number of rotatable bonds is 4. The minimum atomic E-state index is -0.598. The van der Waals surface area contributed by atoms with Gasteiger partial charge in [-0.1, -0.05) is 82.5 Å². The number of fused-ring (bicyclic) bond motifs is 3. The molecule has 42 heavy (non-hydrogen) atoms. The number of benzene rings is 3. The minimum absolute atomic E-state index is 0.0570. The number of nitro groups is 1. The molecular weight excluding hydrogens is 617 g/mol. The number of thiazole rings is 1. The Hall–Kier alpha value is -3.95. The zero-order valence-electron chi connectivity index (χ0n) is 21.5. The fourth-order valence-corrected chi connectivity index (χ4v) is 7.13. The van der Waals surface area contributed by atoms with Crippen molar-refractivity contribution in [3.05, 3.63) is 146 Å². The maximum atomic E-state index is 14.0. The summed E-state index contributed by atoms with van der Waals surface area (Å²) in [5, 5.41) is 11.9. The predicted octanol–water partition coefficient (Wildman–Crippen LogP) is 7.45. The van der Waals surface area contributed by atoms with Crippen molar-refractivity contribution in [2.24, 2.45) is 4.99 Å². The van der Waals surface area contributed by atoms with E-state index in [1.165, 1.54) is 29.0 Å². The summed E-state index contributed by atoms with van der Waals surface area (Å²) in [6, 6.07) is 21.5. The van der Waals surface area contributed by atoms with E-state index in [-0.39, 0.29) is 27.3 Å². The molecule has 0 N–H and O–H groups in total. The third kappa shape index (κ3) is 4.51. The van der Waals surface area contributed by atoms with Gasteiger partial charge in [-0.3, -0.25) is 19.5 Å². The van der Waals surface area contributed by atoms with Crippen molar-refractivity contribution >= 4 is 63.6 Å². The Labute approximate surface area is 257 Å². The summed E-state index contributed by atoms with van der Waals surface area (Å²) < 4.78 is 8.20. The smallest absolute Gasteiger partial charge is 0.289 e. The summed E-state index contributed by atoms with van der Waals surface area (Å²) in [7, 11) is 0. The minimum Gasteiger partial charge on any atom is -0.457 e. The molecule has 0 bridgehead atoms. The van der Waals surface area contributed by atoms with Gasteiger partial charge in [0.25, 0.3) is 11.2 Å². The Morgan fingerprint density at radius 1 is 0.976 bits per heavy atom. The average Bonchev–Trinajstić information content (AvgIpc) is 3.57. The molecule has 2 aromatic heterocycles. The highest BCUT2D eigenvalue weighted by Gasteiger charge is 2.32. The number of halogens is 3. The van der Waals surface area contributed by atoms with Gasteiger partial charge in [-0.05, 0) is 59.9 Å². The molecule has 5 aromatic rings. The molecule has 3 aromatic carbocycles. The molecule has 208 valence electrons. The molecule has 7 nitrogen and oxygen atoms in total. The highest BCUT2D eigenvalue weighted by atomic mass is 35.5. The van der Waals surface area contributed by atoms with Gasteiger partial charge in [0, 0.05) is 28.3 Å². The first-order chi connectivity index (χ1) is 20.3. The topological polar surface area (TPSA) is 90.6 Å². The molecule has 7 rings (SSSR count). The molecule has 0 radical (unpaired) electrons. The number of allylic oxidation sites excluding steroid dienone is 1. The van der Waals surface area contributed by atoms with Crippen LogP contribution in [0.2, 0.25) is 15.1 Å². The lowest BCUT2D eigenvalue weighted by Crippen LogP contribution is -2.38. The molecule has 1 atom stereocenters. The standard InChI is InChI=1S/C31H18Cl3N3O4S/c32-18-8-5-17(6-9-18)29-21-11-7-16-3-1-2-4-20(16)28(21)35-31-36(29)30(38)27(42-31)13-19-10-12-26(41-19)22-14-24(34)25(37(39)40)15-23(22)33/h1-6,8-10,12-15,29H,7,11H2/b27-13-/t29-/m1/s1. The van der Waals surface area contributed by atoms with E-state index in [0.29, 0.717) is 31.4 Å². The second kappa shape index (κ2) is 10.4. The van der Waals surface area contributed by atoms with Crippen LogP contribution >= 0.6 is 46.1 Å². The van der Waals surface area contributed by atoms with Crippen LogP contribution in [0.15, 0.2) is 92.6 Å². The third-order valence-electron chi connectivity index (χ3n) is 7.46. The van der Waals surface area contributed by atoms with Crippen molar-refractivity contribution in [3.8, 4) is 11.3 Å². The van der Waals surface area contributed by atoms with Crippen molar-refractivity contribution in [2.45, 2.75) is 18.9 Å². The predicted molar refractivity (Wildman–Crippen MR) is 165 cm³/mol. The second-order valence-electron chi connectivity index (χ2n) is 9.91. The fourth-order valence-electron chi connectivity index (χ4n) is 5.54. The molecule has 0 amide bonds. The molecule has 2 aliphatic rings. The van der Waals surface area contributed by atoms with Crippen LogP contribution < -0.4 is 14.9 Å². The molecular formula is C31H18Cl3N3O4S. The van der Waals surface area contributed by atoms with Gasteiger partial charge in [-0.25, -0.2) is 4.99 Å². The van der Waals surface area contributed by atoms with E-state index in [2.05, 4.69) is 12.1 Å². The zero-order valence-corrected chi connectivity index (χ0v) is 24.6. The van der Waals surface area contributed by atoms with Gasteiger partial charge in [-0.15, -0.1) is 0 Å². The molecule has 0 spiro atoms. The van der Waals surface area contributed by atoms with Crippen LogP contribution in [0.25, 0.3) is 23.1 Å². The van der Waals surface area contributed by atoms with E-state index in [9.17, 15) is 14.9 Å². The lowest BCUT2D eigenvalue weighted by atomic mass is 9.83. The molecule has 1 aliphatic heterocycles. The van der Waals surface area contributed by atoms with Crippen LogP contribution in [0, 0.1) is 10.1 Å².